The SMILES string of the molecule is C=C[C@H]1OC(C)(C)O[C@H]1[C@H](OC(C)=O)C(F)(F)[Se]c1ccccc1. The second-order valence-electron chi connectivity index (χ2n) is 5.81. The van der Waals surface area contributed by atoms with Gasteiger partial charge in [0.2, 0.25) is 0 Å². The summed E-state index contributed by atoms with van der Waals surface area (Å²) in [4.78, 5) is 8.13. The summed E-state index contributed by atoms with van der Waals surface area (Å²) in [7, 11) is 0. The molecule has 1 aliphatic heterocycles. The van der Waals surface area contributed by atoms with Gasteiger partial charge in [-0.25, -0.2) is 0 Å². The average Bonchev–Trinajstić information content (AvgIpc) is 2.79. The number of alkyl halides is 2. The van der Waals surface area contributed by atoms with Crippen LogP contribution in [0.15, 0.2) is 43.0 Å². The molecule has 24 heavy (non-hydrogen) atoms. The molecule has 0 unspecified atom stereocenters. The maximum absolute atomic E-state index is 14.9. The standard InChI is InChI=1S/C17H20F2O4Se/c1-5-13-14(23-16(3,4)22-13)15(21-11(2)20)17(18,19)24-12-9-7-6-8-10-12/h5-10,13-15H,1H2,2-4H3/t13-,14-,15+/m1/s1. The van der Waals surface area contributed by atoms with Crippen molar-refractivity contribution in [2.75, 3.05) is 0 Å². The molecule has 1 heterocycles. The molecule has 1 aromatic carbocycles. The minimum absolute atomic E-state index is 0.500. The molecule has 0 N–H and O–H groups in total. The zero-order valence-corrected chi connectivity index (χ0v) is 15.4. The first-order valence-electron chi connectivity index (χ1n) is 7.42. The Hall–Kier alpha value is -1.27. The molecule has 1 saturated heterocycles. The van der Waals surface area contributed by atoms with Crippen LogP contribution in [-0.4, -0.2) is 49.8 Å². The molecule has 1 aliphatic rings. The van der Waals surface area contributed by atoms with Crippen molar-refractivity contribution in [1.29, 1.82) is 0 Å². The summed E-state index contributed by atoms with van der Waals surface area (Å²) in [6, 6.07) is 8.39. The van der Waals surface area contributed by atoms with Crippen LogP contribution in [0.25, 0.3) is 0 Å². The van der Waals surface area contributed by atoms with Gasteiger partial charge in [-0.3, -0.25) is 0 Å². The molecule has 7 heteroatoms. The quantitative estimate of drug-likeness (QED) is 0.414. The predicted octanol–water partition coefficient (Wildman–Crippen LogP) is 2.25. The summed E-state index contributed by atoms with van der Waals surface area (Å²) in [6.45, 7) is 7.94. The number of ether oxygens (including phenoxy) is 3. The Labute approximate surface area is 146 Å². The van der Waals surface area contributed by atoms with E-state index in [-0.39, 0.29) is 0 Å². The molecule has 0 aliphatic carbocycles. The van der Waals surface area contributed by atoms with Crippen LogP contribution in [0.5, 0.6) is 0 Å². The molecule has 4 nitrogen and oxygen atoms in total. The van der Waals surface area contributed by atoms with Crippen LogP contribution in [0.3, 0.4) is 0 Å². The molecule has 0 amide bonds. The van der Waals surface area contributed by atoms with Crippen molar-refractivity contribution in [1.82, 2.24) is 0 Å². The Morgan fingerprint density at radius 1 is 1.38 bits per heavy atom. The van der Waals surface area contributed by atoms with Gasteiger partial charge in [0.1, 0.15) is 0 Å². The van der Waals surface area contributed by atoms with Crippen molar-refractivity contribution in [3.8, 4) is 0 Å². The number of hydrogen-bond donors (Lipinski definition) is 0. The van der Waals surface area contributed by atoms with Gasteiger partial charge in [-0.2, -0.15) is 0 Å². The molecule has 0 saturated carbocycles. The Kier molecular flexibility index (Phi) is 5.81. The van der Waals surface area contributed by atoms with Crippen LogP contribution >= 0.6 is 0 Å². The van der Waals surface area contributed by atoms with Crippen molar-refractivity contribution < 1.29 is 27.8 Å². The van der Waals surface area contributed by atoms with Gasteiger partial charge in [0.15, 0.2) is 0 Å². The van der Waals surface area contributed by atoms with Crippen LogP contribution in [-0.2, 0) is 19.0 Å². The van der Waals surface area contributed by atoms with Gasteiger partial charge < -0.3 is 0 Å². The van der Waals surface area contributed by atoms with E-state index in [1.54, 1.807) is 44.2 Å². The van der Waals surface area contributed by atoms with Gasteiger partial charge in [-0.05, 0) is 0 Å². The molecule has 132 valence electrons. The van der Waals surface area contributed by atoms with E-state index in [9.17, 15) is 13.6 Å². The molecular weight excluding hydrogens is 385 g/mol. The third kappa shape index (κ3) is 4.63. The molecule has 1 fully saturated rings. The Morgan fingerprint density at radius 2 is 2.00 bits per heavy atom. The summed E-state index contributed by atoms with van der Waals surface area (Å²) < 4.78 is 46.5. The van der Waals surface area contributed by atoms with E-state index >= 15 is 0 Å². The first kappa shape index (κ1) is 19.1. The number of halogens is 2. The van der Waals surface area contributed by atoms with Crippen LogP contribution < -0.4 is 4.46 Å². The molecule has 0 radical (unpaired) electrons. The number of benzene rings is 1. The molecule has 1 aromatic rings. The number of carbonyl (C=O) groups is 1. The van der Waals surface area contributed by atoms with Gasteiger partial charge >= 0.3 is 146 Å². The third-order valence-electron chi connectivity index (χ3n) is 3.32. The molecule has 0 spiro atoms. The Morgan fingerprint density at radius 3 is 2.54 bits per heavy atom. The third-order valence-corrected chi connectivity index (χ3v) is 5.44. The summed E-state index contributed by atoms with van der Waals surface area (Å²) in [5.41, 5.74) is 0. The van der Waals surface area contributed by atoms with E-state index in [2.05, 4.69) is 6.58 Å². The van der Waals surface area contributed by atoms with E-state index in [0.29, 0.717) is 4.46 Å². The monoisotopic (exact) mass is 406 g/mol. The minimum atomic E-state index is -3.27. The van der Waals surface area contributed by atoms with E-state index in [0.717, 1.165) is 6.92 Å². The number of hydrogen-bond acceptors (Lipinski definition) is 4. The molecule has 3 atom stereocenters. The molecule has 0 aromatic heterocycles. The maximum atomic E-state index is 14.9. The summed E-state index contributed by atoms with van der Waals surface area (Å²) >= 11 is -1.24. The Bertz CT molecular complexity index is 592. The first-order chi connectivity index (χ1) is 11.1. The molecule has 0 bridgehead atoms. The van der Waals surface area contributed by atoms with Crippen molar-refractivity contribution in [2.45, 2.75) is 49.7 Å². The normalized spacial score (nSPS) is 24.4. The van der Waals surface area contributed by atoms with Crippen molar-refractivity contribution in [3.05, 3.63) is 43.0 Å². The first-order valence-corrected chi connectivity index (χ1v) is 9.13. The van der Waals surface area contributed by atoms with Gasteiger partial charge in [0.05, 0.1) is 0 Å². The van der Waals surface area contributed by atoms with Gasteiger partial charge in [0.25, 0.3) is 0 Å². The number of esters is 1. The van der Waals surface area contributed by atoms with E-state index < -0.39 is 49.8 Å². The van der Waals surface area contributed by atoms with Crippen LogP contribution in [0.1, 0.15) is 20.8 Å². The fourth-order valence-corrected chi connectivity index (χ4v) is 4.34. The van der Waals surface area contributed by atoms with Crippen LogP contribution in [0.2, 0.25) is 0 Å². The second-order valence-corrected chi connectivity index (χ2v) is 8.37. The predicted molar refractivity (Wildman–Crippen MR) is 86.4 cm³/mol. The molecule has 2 rings (SSSR count). The Balaban J connectivity index is 2.29. The zero-order chi connectivity index (χ0) is 18.0. The van der Waals surface area contributed by atoms with Gasteiger partial charge in [-0.15, -0.1) is 0 Å². The average molecular weight is 405 g/mol. The zero-order valence-electron chi connectivity index (χ0n) is 13.7. The topological polar surface area (TPSA) is 44.8 Å². The van der Waals surface area contributed by atoms with E-state index in [1.807, 2.05) is 0 Å². The van der Waals surface area contributed by atoms with Crippen molar-refractivity contribution >= 4 is 25.4 Å². The number of rotatable bonds is 6. The summed E-state index contributed by atoms with van der Waals surface area (Å²) in [5, 5.41) is 0. The fraction of sp³-hybridized carbons (Fsp3) is 0.471. The van der Waals surface area contributed by atoms with Gasteiger partial charge in [-0.1, -0.05) is 0 Å². The van der Waals surface area contributed by atoms with Crippen LogP contribution in [0, 0.1) is 0 Å². The number of carbonyl (C=O) groups excluding carboxylic acids is 1. The van der Waals surface area contributed by atoms with Crippen molar-refractivity contribution in [2.24, 2.45) is 0 Å². The molecular formula is C17H20F2O4Se. The van der Waals surface area contributed by atoms with E-state index in [4.69, 9.17) is 14.2 Å². The van der Waals surface area contributed by atoms with Crippen molar-refractivity contribution in [3.63, 3.8) is 0 Å². The second kappa shape index (κ2) is 7.31. The van der Waals surface area contributed by atoms with Crippen LogP contribution in [0.4, 0.5) is 8.78 Å². The van der Waals surface area contributed by atoms with Gasteiger partial charge in [0, 0.05) is 0 Å². The summed E-state index contributed by atoms with van der Waals surface area (Å²) in [6.07, 6.45) is -2.27. The summed E-state index contributed by atoms with van der Waals surface area (Å²) in [5.74, 6) is -1.85. The fourth-order valence-electron chi connectivity index (χ4n) is 2.44. The van der Waals surface area contributed by atoms with E-state index in [1.165, 1.54) is 6.08 Å².